The fraction of sp³-hybridized carbons (Fsp3) is 0.500. The Labute approximate surface area is 187 Å². The molecule has 168 valence electrons. The van der Waals surface area contributed by atoms with E-state index in [2.05, 4.69) is 37.6 Å². The lowest BCUT2D eigenvalue weighted by Gasteiger charge is -2.36. The normalized spacial score (nSPS) is 19.1. The van der Waals surface area contributed by atoms with Gasteiger partial charge in [-0.3, -0.25) is 9.69 Å². The lowest BCUT2D eigenvalue weighted by molar-refractivity contribution is 0.107. The van der Waals surface area contributed by atoms with Crippen LogP contribution >= 0.6 is 0 Å². The molecule has 2 aromatic heterocycles. The first-order valence-electron chi connectivity index (χ1n) is 11.6. The molecule has 0 spiro atoms. The van der Waals surface area contributed by atoms with Gasteiger partial charge in [-0.1, -0.05) is 30.7 Å². The third kappa shape index (κ3) is 4.38. The number of ether oxygens (including phenoxy) is 1. The number of hydrogen-bond acceptors (Lipinski definition) is 7. The molecule has 1 aromatic carbocycles. The summed E-state index contributed by atoms with van der Waals surface area (Å²) in [5, 5.41) is 19.2. The van der Waals surface area contributed by atoms with Crippen LogP contribution in [0.4, 0.5) is 5.82 Å². The molecular weight excluding hydrogens is 404 g/mol. The minimum absolute atomic E-state index is 0.0395. The van der Waals surface area contributed by atoms with Crippen LogP contribution in [0.15, 0.2) is 35.1 Å². The first kappa shape index (κ1) is 21.0. The number of aryl methyl sites for hydroxylation is 1. The Bertz CT molecular complexity index is 1160. The number of benzene rings is 1. The highest BCUT2D eigenvalue weighted by Gasteiger charge is 2.23. The summed E-state index contributed by atoms with van der Waals surface area (Å²) in [5.41, 5.74) is 2.84. The van der Waals surface area contributed by atoms with E-state index >= 15 is 0 Å². The second-order valence-electron chi connectivity index (χ2n) is 8.73. The van der Waals surface area contributed by atoms with Gasteiger partial charge in [-0.25, -0.2) is 4.68 Å². The molecule has 0 bridgehead atoms. The maximum Gasteiger partial charge on any atom is 0.267 e. The number of nitrogens with zero attached hydrogens (tertiary/aromatic N) is 5. The molecule has 0 aliphatic carbocycles. The van der Waals surface area contributed by atoms with Crippen LogP contribution in [0.1, 0.15) is 36.2 Å². The zero-order valence-corrected chi connectivity index (χ0v) is 18.6. The molecule has 1 unspecified atom stereocenters. The van der Waals surface area contributed by atoms with Crippen LogP contribution in [0, 0.1) is 6.92 Å². The molecule has 32 heavy (non-hydrogen) atoms. The molecule has 0 saturated carbocycles. The van der Waals surface area contributed by atoms with Crippen LogP contribution in [0.2, 0.25) is 0 Å². The third-order valence-corrected chi connectivity index (χ3v) is 6.63. The van der Waals surface area contributed by atoms with E-state index in [0.29, 0.717) is 25.8 Å². The van der Waals surface area contributed by atoms with Crippen LogP contribution in [0.25, 0.3) is 10.8 Å². The van der Waals surface area contributed by atoms with Crippen molar-refractivity contribution in [3.63, 3.8) is 0 Å². The standard InChI is InChI=1S/C24H30N6O2/c1-17-20-7-2-3-8-21(20)24(27-26-17)25-15-19-6-4-5-10-29(19)11-12-30-23(31)14-18-16-32-13-9-22(18)28-30/h2-3,7-8,14,19H,4-6,9-13,15-16H2,1H3,(H,25,27). The minimum atomic E-state index is -0.0395. The van der Waals surface area contributed by atoms with Gasteiger partial charge < -0.3 is 10.1 Å². The van der Waals surface area contributed by atoms with Crippen molar-refractivity contribution in [1.29, 1.82) is 0 Å². The second kappa shape index (κ2) is 9.34. The maximum atomic E-state index is 12.5. The number of aromatic nitrogens is 4. The molecule has 0 amide bonds. The Balaban J connectivity index is 1.26. The third-order valence-electron chi connectivity index (χ3n) is 6.63. The van der Waals surface area contributed by atoms with Crippen molar-refractivity contribution in [3.05, 3.63) is 57.6 Å². The quantitative estimate of drug-likeness (QED) is 0.638. The smallest absolute Gasteiger partial charge is 0.267 e. The largest absolute Gasteiger partial charge is 0.376 e. The van der Waals surface area contributed by atoms with Crippen LogP contribution in [0.5, 0.6) is 0 Å². The summed E-state index contributed by atoms with van der Waals surface area (Å²) in [7, 11) is 0. The highest BCUT2D eigenvalue weighted by molar-refractivity contribution is 5.92. The fourth-order valence-corrected chi connectivity index (χ4v) is 4.80. The predicted molar refractivity (Wildman–Crippen MR) is 124 cm³/mol. The van der Waals surface area contributed by atoms with Gasteiger partial charge in [0.15, 0.2) is 5.82 Å². The van der Waals surface area contributed by atoms with Crippen molar-refractivity contribution in [3.8, 4) is 0 Å². The first-order valence-corrected chi connectivity index (χ1v) is 11.6. The molecule has 4 heterocycles. The van der Waals surface area contributed by atoms with Gasteiger partial charge in [0.2, 0.25) is 0 Å². The van der Waals surface area contributed by atoms with E-state index in [1.54, 1.807) is 10.7 Å². The van der Waals surface area contributed by atoms with Crippen LogP contribution in [-0.2, 0) is 24.3 Å². The topological polar surface area (TPSA) is 85.2 Å². The number of piperidine rings is 1. The van der Waals surface area contributed by atoms with E-state index in [4.69, 9.17) is 4.74 Å². The van der Waals surface area contributed by atoms with Gasteiger partial charge in [0.1, 0.15) is 0 Å². The van der Waals surface area contributed by atoms with Crippen molar-refractivity contribution in [2.75, 3.05) is 31.6 Å². The Morgan fingerprint density at radius 1 is 1.16 bits per heavy atom. The van der Waals surface area contributed by atoms with Gasteiger partial charge in [-0.05, 0) is 26.3 Å². The molecule has 3 aromatic rings. The van der Waals surface area contributed by atoms with Gasteiger partial charge in [0.25, 0.3) is 5.56 Å². The summed E-state index contributed by atoms with van der Waals surface area (Å²) in [5.74, 6) is 0.839. The SMILES string of the molecule is Cc1nnc(NCC2CCCCN2CCn2nc3c(cc2=O)COCC3)c2ccccc12. The van der Waals surface area contributed by atoms with E-state index in [0.717, 1.165) is 66.0 Å². The van der Waals surface area contributed by atoms with Crippen LogP contribution < -0.4 is 10.9 Å². The van der Waals surface area contributed by atoms with Crippen molar-refractivity contribution < 1.29 is 4.74 Å². The maximum absolute atomic E-state index is 12.5. The number of rotatable bonds is 6. The van der Waals surface area contributed by atoms with E-state index in [9.17, 15) is 4.79 Å². The average Bonchev–Trinajstić information content (AvgIpc) is 2.83. The molecule has 2 aliphatic rings. The monoisotopic (exact) mass is 434 g/mol. The molecule has 0 radical (unpaired) electrons. The molecule has 1 N–H and O–H groups in total. The Hall–Kier alpha value is -2.84. The number of likely N-dealkylation sites (tertiary alicyclic amines) is 1. The second-order valence-corrected chi connectivity index (χ2v) is 8.73. The van der Waals surface area contributed by atoms with Crippen molar-refractivity contribution in [2.24, 2.45) is 0 Å². The van der Waals surface area contributed by atoms with Crippen molar-refractivity contribution in [1.82, 2.24) is 24.9 Å². The molecule has 8 nitrogen and oxygen atoms in total. The fourth-order valence-electron chi connectivity index (χ4n) is 4.80. The van der Waals surface area contributed by atoms with E-state index in [-0.39, 0.29) is 5.56 Å². The minimum Gasteiger partial charge on any atom is -0.376 e. The summed E-state index contributed by atoms with van der Waals surface area (Å²) in [6.45, 7) is 6.44. The van der Waals surface area contributed by atoms with Gasteiger partial charge in [-0.15, -0.1) is 5.10 Å². The van der Waals surface area contributed by atoms with E-state index < -0.39 is 0 Å². The predicted octanol–water partition coefficient (Wildman–Crippen LogP) is 2.53. The van der Waals surface area contributed by atoms with Gasteiger partial charge in [0, 0.05) is 48.0 Å². The summed E-state index contributed by atoms with van der Waals surface area (Å²) in [6.07, 6.45) is 4.32. The Morgan fingerprint density at radius 2 is 2.03 bits per heavy atom. The zero-order chi connectivity index (χ0) is 21.9. The van der Waals surface area contributed by atoms with E-state index in [1.807, 2.05) is 19.1 Å². The van der Waals surface area contributed by atoms with Crippen molar-refractivity contribution >= 4 is 16.6 Å². The summed E-state index contributed by atoms with van der Waals surface area (Å²) in [4.78, 5) is 15.0. The summed E-state index contributed by atoms with van der Waals surface area (Å²) in [6, 6.07) is 10.3. The lowest BCUT2D eigenvalue weighted by atomic mass is 10.0. The number of fused-ring (bicyclic) bond motifs is 2. The molecule has 1 fully saturated rings. The van der Waals surface area contributed by atoms with Crippen LogP contribution in [0.3, 0.4) is 0 Å². The molecule has 2 aliphatic heterocycles. The molecule has 1 atom stereocenters. The molecule has 8 heteroatoms. The van der Waals surface area contributed by atoms with Gasteiger partial charge in [0.05, 0.1) is 31.1 Å². The Morgan fingerprint density at radius 3 is 2.94 bits per heavy atom. The summed E-state index contributed by atoms with van der Waals surface area (Å²) < 4.78 is 7.07. The molecule has 5 rings (SSSR count). The highest BCUT2D eigenvalue weighted by Crippen LogP contribution is 2.23. The number of anilines is 1. The highest BCUT2D eigenvalue weighted by atomic mass is 16.5. The summed E-state index contributed by atoms with van der Waals surface area (Å²) >= 11 is 0. The van der Waals surface area contributed by atoms with Crippen LogP contribution in [-0.4, -0.2) is 57.2 Å². The van der Waals surface area contributed by atoms with Crippen molar-refractivity contribution in [2.45, 2.75) is 51.8 Å². The number of hydrogen-bond donors (Lipinski definition) is 1. The first-order chi connectivity index (χ1) is 15.7. The number of nitrogens with one attached hydrogen (secondary N) is 1. The zero-order valence-electron chi connectivity index (χ0n) is 18.6. The average molecular weight is 435 g/mol. The lowest BCUT2D eigenvalue weighted by Crippen LogP contribution is -2.46. The van der Waals surface area contributed by atoms with Gasteiger partial charge in [-0.2, -0.15) is 10.2 Å². The molecule has 1 saturated heterocycles. The van der Waals surface area contributed by atoms with E-state index in [1.165, 1.54) is 12.8 Å². The molecular formula is C24H30N6O2. The van der Waals surface area contributed by atoms with Gasteiger partial charge >= 0.3 is 0 Å². The Kier molecular flexibility index (Phi) is 6.14.